The van der Waals surface area contributed by atoms with E-state index in [-0.39, 0.29) is 31.5 Å². The molecular formula is C25H28FN5O6. The average Bonchev–Trinajstić information content (AvgIpc) is 3.26. The summed E-state index contributed by atoms with van der Waals surface area (Å²) in [5.41, 5.74) is 1.28. The van der Waals surface area contributed by atoms with E-state index >= 15 is 4.39 Å². The minimum absolute atomic E-state index is 0.190. The Hall–Kier alpha value is -4.22. The molecule has 0 spiro atoms. The van der Waals surface area contributed by atoms with Gasteiger partial charge in [-0.3, -0.25) is 19.3 Å². The van der Waals surface area contributed by atoms with Crippen molar-refractivity contribution < 1.29 is 33.0 Å². The number of hydrogen-bond donors (Lipinski definition) is 1. The van der Waals surface area contributed by atoms with Gasteiger partial charge in [-0.2, -0.15) is 0 Å². The molecule has 0 unspecified atom stereocenters. The van der Waals surface area contributed by atoms with E-state index in [0.29, 0.717) is 48.8 Å². The lowest BCUT2D eigenvalue weighted by Crippen LogP contribution is -2.50. The number of pyridine rings is 1. The van der Waals surface area contributed by atoms with E-state index in [1.807, 2.05) is 4.90 Å². The number of carbonyl (C=O) groups is 4. The van der Waals surface area contributed by atoms with Gasteiger partial charge in [-0.1, -0.05) is 0 Å². The summed E-state index contributed by atoms with van der Waals surface area (Å²) in [6.07, 6.45) is 0.477. The Labute approximate surface area is 213 Å². The van der Waals surface area contributed by atoms with Gasteiger partial charge in [0.1, 0.15) is 17.7 Å². The van der Waals surface area contributed by atoms with Crippen LogP contribution in [0.2, 0.25) is 0 Å². The number of nitrogens with zero attached hydrogens (tertiary/aromatic N) is 4. The molecule has 3 heterocycles. The summed E-state index contributed by atoms with van der Waals surface area (Å²) < 4.78 is 25.0. The maximum absolute atomic E-state index is 15.0. The van der Waals surface area contributed by atoms with Crippen LogP contribution in [-0.2, 0) is 23.9 Å². The zero-order valence-electron chi connectivity index (χ0n) is 20.6. The summed E-state index contributed by atoms with van der Waals surface area (Å²) in [4.78, 5) is 55.8. The molecule has 0 aliphatic carbocycles. The monoisotopic (exact) mass is 513 g/mol. The lowest BCUT2D eigenvalue weighted by atomic mass is 10.1. The number of ether oxygens (including phenoxy) is 2. The minimum Gasteiger partial charge on any atom is -0.456 e. The predicted molar refractivity (Wildman–Crippen MR) is 131 cm³/mol. The quantitative estimate of drug-likeness (QED) is 0.554. The van der Waals surface area contributed by atoms with Crippen molar-refractivity contribution in [3.8, 4) is 11.1 Å². The number of hydrogen-bond acceptors (Lipinski definition) is 8. The van der Waals surface area contributed by atoms with Crippen LogP contribution in [-0.4, -0.2) is 85.7 Å². The van der Waals surface area contributed by atoms with E-state index in [1.54, 1.807) is 35.4 Å². The van der Waals surface area contributed by atoms with Crippen molar-refractivity contribution in [3.63, 3.8) is 0 Å². The number of rotatable bonds is 7. The van der Waals surface area contributed by atoms with E-state index in [4.69, 9.17) is 9.47 Å². The lowest BCUT2D eigenvalue weighted by molar-refractivity contribution is -0.150. The van der Waals surface area contributed by atoms with Crippen molar-refractivity contribution in [1.82, 2.24) is 15.2 Å². The van der Waals surface area contributed by atoms with Gasteiger partial charge < -0.3 is 24.6 Å². The fraction of sp³-hybridized carbons (Fsp3) is 0.400. The van der Waals surface area contributed by atoms with Crippen LogP contribution in [0.5, 0.6) is 0 Å². The number of esters is 1. The SMILES string of the molecule is CC(=O)NC[C@H]1CN(c2ccc(-c3ccc(N4CCN(C(=O)COC(C)=O)CC4)nc3)c(F)c2)C(=O)O1. The van der Waals surface area contributed by atoms with Crippen molar-refractivity contribution in [2.45, 2.75) is 20.0 Å². The van der Waals surface area contributed by atoms with Crippen molar-refractivity contribution in [3.05, 3.63) is 42.3 Å². The molecule has 2 aliphatic rings. The van der Waals surface area contributed by atoms with Crippen molar-refractivity contribution in [1.29, 1.82) is 0 Å². The molecule has 1 aromatic heterocycles. The third kappa shape index (κ3) is 6.32. The molecule has 1 aromatic carbocycles. The molecule has 1 N–H and O–H groups in total. The van der Waals surface area contributed by atoms with Gasteiger partial charge in [-0.05, 0) is 30.3 Å². The van der Waals surface area contributed by atoms with E-state index in [9.17, 15) is 19.2 Å². The van der Waals surface area contributed by atoms with E-state index in [0.717, 1.165) is 0 Å². The highest BCUT2D eigenvalue weighted by Crippen LogP contribution is 2.29. The van der Waals surface area contributed by atoms with Gasteiger partial charge in [-0.15, -0.1) is 0 Å². The van der Waals surface area contributed by atoms with Crippen LogP contribution in [0.1, 0.15) is 13.8 Å². The molecule has 3 amide bonds. The van der Waals surface area contributed by atoms with E-state index in [1.165, 1.54) is 24.8 Å². The van der Waals surface area contributed by atoms with Crippen LogP contribution in [0.3, 0.4) is 0 Å². The van der Waals surface area contributed by atoms with E-state index < -0.39 is 24.0 Å². The largest absolute Gasteiger partial charge is 0.456 e. The minimum atomic E-state index is -0.596. The highest BCUT2D eigenvalue weighted by molar-refractivity contribution is 5.90. The third-order valence-corrected chi connectivity index (χ3v) is 6.13. The Bertz CT molecular complexity index is 1180. The molecule has 2 saturated heterocycles. The summed E-state index contributed by atoms with van der Waals surface area (Å²) in [7, 11) is 0. The number of anilines is 2. The van der Waals surface area contributed by atoms with Crippen LogP contribution < -0.4 is 15.1 Å². The van der Waals surface area contributed by atoms with Gasteiger partial charge in [0.25, 0.3) is 5.91 Å². The summed E-state index contributed by atoms with van der Waals surface area (Å²) in [6, 6.07) is 8.07. The van der Waals surface area contributed by atoms with Gasteiger partial charge in [0.2, 0.25) is 5.91 Å². The molecular weight excluding hydrogens is 485 g/mol. The van der Waals surface area contributed by atoms with Gasteiger partial charge in [0, 0.05) is 57.4 Å². The first kappa shape index (κ1) is 25.9. The summed E-state index contributed by atoms with van der Waals surface area (Å²) in [6.45, 7) is 4.86. The van der Waals surface area contributed by atoms with Crippen molar-refractivity contribution in [2.75, 3.05) is 55.7 Å². The number of piperazine rings is 1. The number of halogens is 1. The number of benzene rings is 1. The molecule has 196 valence electrons. The maximum atomic E-state index is 15.0. The third-order valence-electron chi connectivity index (χ3n) is 6.13. The zero-order valence-corrected chi connectivity index (χ0v) is 20.6. The fourth-order valence-corrected chi connectivity index (χ4v) is 4.17. The highest BCUT2D eigenvalue weighted by Gasteiger charge is 2.32. The molecule has 2 aliphatic heterocycles. The second-order valence-corrected chi connectivity index (χ2v) is 8.77. The summed E-state index contributed by atoms with van der Waals surface area (Å²) in [5.74, 6) is -0.753. The number of aromatic nitrogens is 1. The molecule has 0 bridgehead atoms. The molecule has 37 heavy (non-hydrogen) atoms. The number of cyclic esters (lactones) is 1. The standard InChI is InChI=1S/C25H28FN5O6/c1-16(32)27-13-20-14-31(25(35)37-20)19-4-5-21(22(26)11-19)18-3-6-23(28-12-18)29-7-9-30(10-8-29)24(34)15-36-17(2)33/h3-6,11-12,20H,7-10,13-15H2,1-2H3,(H,27,32)/t20-/m0/s1. The van der Waals surface area contributed by atoms with Crippen LogP contribution in [0.25, 0.3) is 11.1 Å². The van der Waals surface area contributed by atoms with Crippen LogP contribution in [0.15, 0.2) is 36.5 Å². The predicted octanol–water partition coefficient (Wildman–Crippen LogP) is 1.56. The van der Waals surface area contributed by atoms with Gasteiger partial charge in [0.05, 0.1) is 18.8 Å². The van der Waals surface area contributed by atoms with Gasteiger partial charge >= 0.3 is 12.1 Å². The second-order valence-electron chi connectivity index (χ2n) is 8.77. The van der Waals surface area contributed by atoms with Crippen LogP contribution in [0, 0.1) is 5.82 Å². The first-order valence-corrected chi connectivity index (χ1v) is 11.9. The molecule has 0 saturated carbocycles. The van der Waals surface area contributed by atoms with Crippen molar-refractivity contribution >= 4 is 35.4 Å². The van der Waals surface area contributed by atoms with Crippen LogP contribution >= 0.6 is 0 Å². The van der Waals surface area contributed by atoms with Crippen molar-refractivity contribution in [2.24, 2.45) is 0 Å². The molecule has 1 atom stereocenters. The zero-order chi connectivity index (χ0) is 26.5. The van der Waals surface area contributed by atoms with Gasteiger partial charge in [-0.25, -0.2) is 14.2 Å². The molecule has 0 radical (unpaired) electrons. The summed E-state index contributed by atoms with van der Waals surface area (Å²) in [5, 5.41) is 2.61. The molecule has 4 rings (SSSR count). The second kappa shape index (κ2) is 11.2. The average molecular weight is 514 g/mol. The Morgan fingerprint density at radius 3 is 2.51 bits per heavy atom. The normalized spacial score (nSPS) is 17.4. The number of carbonyl (C=O) groups excluding carboxylic acids is 4. The Kier molecular flexibility index (Phi) is 7.85. The van der Waals surface area contributed by atoms with Crippen LogP contribution in [0.4, 0.5) is 20.7 Å². The number of nitrogens with one attached hydrogen (secondary N) is 1. The topological polar surface area (TPSA) is 121 Å². The first-order valence-electron chi connectivity index (χ1n) is 11.9. The number of amides is 3. The Morgan fingerprint density at radius 1 is 1.14 bits per heavy atom. The van der Waals surface area contributed by atoms with Gasteiger partial charge in [0.15, 0.2) is 6.61 Å². The Morgan fingerprint density at radius 2 is 1.89 bits per heavy atom. The Balaban J connectivity index is 1.36. The fourth-order valence-electron chi connectivity index (χ4n) is 4.17. The molecule has 2 aromatic rings. The molecule has 12 heteroatoms. The van der Waals surface area contributed by atoms with E-state index in [2.05, 4.69) is 10.3 Å². The lowest BCUT2D eigenvalue weighted by Gasteiger charge is -2.35. The summed E-state index contributed by atoms with van der Waals surface area (Å²) >= 11 is 0. The highest BCUT2D eigenvalue weighted by atomic mass is 19.1. The smallest absolute Gasteiger partial charge is 0.414 e. The molecule has 2 fully saturated rings. The first-order chi connectivity index (χ1) is 17.7. The molecule has 11 nitrogen and oxygen atoms in total. The maximum Gasteiger partial charge on any atom is 0.414 e.